The van der Waals surface area contributed by atoms with Gasteiger partial charge in [-0.15, -0.1) is 0 Å². The molecule has 1 fully saturated rings. The maximum atomic E-state index is 13.2. The highest BCUT2D eigenvalue weighted by atomic mass is 19.1. The number of halogens is 1. The lowest BCUT2D eigenvalue weighted by molar-refractivity contribution is -0.144. The van der Waals surface area contributed by atoms with E-state index in [4.69, 9.17) is 4.74 Å². The molecule has 2 aromatic carbocycles. The Bertz CT molecular complexity index is 762. The summed E-state index contributed by atoms with van der Waals surface area (Å²) in [7, 11) is 0. The molecule has 0 bridgehead atoms. The summed E-state index contributed by atoms with van der Waals surface area (Å²) in [5, 5.41) is 3.89. The van der Waals surface area contributed by atoms with E-state index in [1.807, 2.05) is 18.2 Å². The van der Waals surface area contributed by atoms with Gasteiger partial charge in [-0.2, -0.15) is 0 Å². The summed E-state index contributed by atoms with van der Waals surface area (Å²) in [6.45, 7) is 3.40. The first-order valence-corrected chi connectivity index (χ1v) is 8.14. The summed E-state index contributed by atoms with van der Waals surface area (Å²) in [5.41, 5.74) is 2.09. The third kappa shape index (κ3) is 2.55. The van der Waals surface area contributed by atoms with E-state index in [2.05, 4.69) is 11.1 Å². The molecule has 4 rings (SSSR count). The van der Waals surface area contributed by atoms with Crippen molar-refractivity contribution < 1.29 is 13.9 Å². The Morgan fingerprint density at radius 3 is 2.71 bits per heavy atom. The SMILES string of the molecule is CC(=O)N1C[C@@H]2COc3ccccc3[C@@H]2N1Cc1ccc(F)cc1. The van der Waals surface area contributed by atoms with Gasteiger partial charge in [0, 0.05) is 31.5 Å². The van der Waals surface area contributed by atoms with E-state index in [0.717, 1.165) is 16.9 Å². The first-order valence-electron chi connectivity index (χ1n) is 8.14. The van der Waals surface area contributed by atoms with Crippen molar-refractivity contribution in [2.45, 2.75) is 19.5 Å². The molecule has 0 radical (unpaired) electrons. The van der Waals surface area contributed by atoms with Gasteiger partial charge in [-0.25, -0.2) is 9.40 Å². The van der Waals surface area contributed by atoms with Crippen LogP contribution in [0.15, 0.2) is 48.5 Å². The summed E-state index contributed by atoms with van der Waals surface area (Å²) in [4.78, 5) is 12.1. The fourth-order valence-electron chi connectivity index (χ4n) is 3.70. The molecule has 4 nitrogen and oxygen atoms in total. The standard InChI is InChI=1S/C19H19FN2O2/c1-13(23)21-11-15-12-24-18-5-3-2-4-17(18)19(15)22(21)10-14-6-8-16(20)9-7-14/h2-9,15,19H,10-12H2,1H3/t15-,19-/m1/s1. The van der Waals surface area contributed by atoms with Gasteiger partial charge in [0.15, 0.2) is 0 Å². The minimum absolute atomic E-state index is 0.0176. The summed E-state index contributed by atoms with van der Waals surface area (Å²) in [6, 6.07) is 14.5. The second-order valence-corrected chi connectivity index (χ2v) is 6.38. The van der Waals surface area contributed by atoms with Gasteiger partial charge in [-0.3, -0.25) is 9.80 Å². The predicted molar refractivity (Wildman–Crippen MR) is 87.5 cm³/mol. The molecule has 0 unspecified atom stereocenters. The van der Waals surface area contributed by atoms with Crippen LogP contribution >= 0.6 is 0 Å². The first-order chi connectivity index (χ1) is 11.6. The number of carbonyl (C=O) groups excluding carboxylic acids is 1. The van der Waals surface area contributed by atoms with Crippen LogP contribution in [0.5, 0.6) is 5.75 Å². The van der Waals surface area contributed by atoms with Crippen molar-refractivity contribution in [3.8, 4) is 5.75 Å². The quantitative estimate of drug-likeness (QED) is 0.850. The van der Waals surface area contributed by atoms with E-state index >= 15 is 0 Å². The number of para-hydroxylation sites is 1. The third-order valence-electron chi connectivity index (χ3n) is 4.80. The number of hydrazine groups is 1. The van der Waals surface area contributed by atoms with Crippen molar-refractivity contribution in [3.63, 3.8) is 0 Å². The summed E-state index contributed by atoms with van der Waals surface area (Å²) in [5.74, 6) is 0.888. The Morgan fingerprint density at radius 2 is 1.96 bits per heavy atom. The van der Waals surface area contributed by atoms with Crippen LogP contribution in [-0.4, -0.2) is 29.1 Å². The number of benzene rings is 2. The first kappa shape index (κ1) is 15.1. The molecule has 24 heavy (non-hydrogen) atoms. The van der Waals surface area contributed by atoms with Crippen molar-refractivity contribution in [1.29, 1.82) is 0 Å². The number of nitrogens with zero attached hydrogens (tertiary/aromatic N) is 2. The van der Waals surface area contributed by atoms with Crippen LogP contribution in [0.2, 0.25) is 0 Å². The highest BCUT2D eigenvalue weighted by Gasteiger charge is 2.45. The predicted octanol–water partition coefficient (Wildman–Crippen LogP) is 3.15. The van der Waals surface area contributed by atoms with Crippen LogP contribution in [0, 0.1) is 11.7 Å². The van der Waals surface area contributed by atoms with Gasteiger partial charge in [-0.1, -0.05) is 30.3 Å². The van der Waals surface area contributed by atoms with E-state index in [1.165, 1.54) is 12.1 Å². The molecule has 0 N–H and O–H groups in total. The van der Waals surface area contributed by atoms with Crippen LogP contribution in [0.3, 0.4) is 0 Å². The number of hydrogen-bond donors (Lipinski definition) is 0. The van der Waals surface area contributed by atoms with Gasteiger partial charge in [-0.05, 0) is 23.8 Å². The smallest absolute Gasteiger partial charge is 0.233 e. The Hall–Kier alpha value is -2.40. The average molecular weight is 326 g/mol. The molecule has 2 aromatic rings. The maximum Gasteiger partial charge on any atom is 0.233 e. The third-order valence-corrected chi connectivity index (χ3v) is 4.80. The molecule has 0 spiro atoms. The zero-order valence-corrected chi connectivity index (χ0v) is 13.5. The van der Waals surface area contributed by atoms with E-state index in [-0.39, 0.29) is 23.7 Å². The Morgan fingerprint density at radius 1 is 1.21 bits per heavy atom. The van der Waals surface area contributed by atoms with Gasteiger partial charge in [0.25, 0.3) is 0 Å². The molecular formula is C19H19FN2O2. The Labute approximate surface area is 140 Å². The molecule has 2 aliphatic rings. The van der Waals surface area contributed by atoms with Crippen molar-refractivity contribution in [1.82, 2.24) is 10.0 Å². The van der Waals surface area contributed by atoms with Crippen LogP contribution in [0.1, 0.15) is 24.1 Å². The zero-order chi connectivity index (χ0) is 16.7. The number of amides is 1. The van der Waals surface area contributed by atoms with E-state index < -0.39 is 0 Å². The minimum atomic E-state index is -0.252. The van der Waals surface area contributed by atoms with Crippen molar-refractivity contribution in [3.05, 3.63) is 65.5 Å². The van der Waals surface area contributed by atoms with Gasteiger partial charge < -0.3 is 4.74 Å². The van der Waals surface area contributed by atoms with Crippen LogP contribution in [-0.2, 0) is 11.3 Å². The normalized spacial score (nSPS) is 22.7. The number of fused-ring (bicyclic) bond motifs is 3. The Balaban J connectivity index is 1.71. The number of ether oxygens (including phenoxy) is 1. The van der Waals surface area contributed by atoms with Crippen LogP contribution in [0.4, 0.5) is 4.39 Å². The molecule has 1 amide bonds. The topological polar surface area (TPSA) is 32.8 Å². The summed E-state index contributed by atoms with van der Waals surface area (Å²) in [6.07, 6.45) is 0. The maximum absolute atomic E-state index is 13.2. The lowest BCUT2D eigenvalue weighted by Crippen LogP contribution is -2.40. The highest BCUT2D eigenvalue weighted by molar-refractivity contribution is 5.73. The van der Waals surface area contributed by atoms with Crippen molar-refractivity contribution in [2.24, 2.45) is 5.92 Å². The second kappa shape index (κ2) is 5.91. The van der Waals surface area contributed by atoms with Crippen molar-refractivity contribution in [2.75, 3.05) is 13.2 Å². The van der Waals surface area contributed by atoms with E-state index in [1.54, 1.807) is 24.1 Å². The van der Waals surface area contributed by atoms with Gasteiger partial charge in [0.1, 0.15) is 11.6 Å². The summed E-state index contributed by atoms with van der Waals surface area (Å²) >= 11 is 0. The lowest BCUT2D eigenvalue weighted by Gasteiger charge is -2.35. The second-order valence-electron chi connectivity index (χ2n) is 6.38. The molecular weight excluding hydrogens is 307 g/mol. The van der Waals surface area contributed by atoms with Gasteiger partial charge in [0.05, 0.1) is 12.6 Å². The largest absolute Gasteiger partial charge is 0.493 e. The molecule has 2 atom stereocenters. The Kier molecular flexibility index (Phi) is 3.73. The average Bonchev–Trinajstić information content (AvgIpc) is 2.96. The van der Waals surface area contributed by atoms with E-state index in [9.17, 15) is 9.18 Å². The van der Waals surface area contributed by atoms with E-state index in [0.29, 0.717) is 19.7 Å². The lowest BCUT2D eigenvalue weighted by atomic mass is 9.91. The fourth-order valence-corrected chi connectivity index (χ4v) is 3.70. The molecule has 0 aliphatic carbocycles. The zero-order valence-electron chi connectivity index (χ0n) is 13.5. The monoisotopic (exact) mass is 326 g/mol. The van der Waals surface area contributed by atoms with Crippen LogP contribution in [0.25, 0.3) is 0 Å². The fraction of sp³-hybridized carbons (Fsp3) is 0.316. The molecule has 2 aliphatic heterocycles. The molecule has 0 aromatic heterocycles. The molecule has 124 valence electrons. The number of rotatable bonds is 2. The van der Waals surface area contributed by atoms with Crippen molar-refractivity contribution >= 4 is 5.91 Å². The summed E-state index contributed by atoms with van der Waals surface area (Å²) < 4.78 is 19.0. The molecule has 5 heteroatoms. The number of hydrogen-bond acceptors (Lipinski definition) is 3. The van der Waals surface area contributed by atoms with Gasteiger partial charge in [0.2, 0.25) is 5.91 Å². The molecule has 0 saturated carbocycles. The minimum Gasteiger partial charge on any atom is -0.493 e. The highest BCUT2D eigenvalue weighted by Crippen LogP contribution is 2.45. The van der Waals surface area contributed by atoms with Gasteiger partial charge >= 0.3 is 0 Å². The molecule has 1 saturated heterocycles. The molecule has 2 heterocycles. The number of carbonyl (C=O) groups is 1. The van der Waals surface area contributed by atoms with Crippen LogP contribution < -0.4 is 4.74 Å².